The van der Waals surface area contributed by atoms with Crippen LogP contribution in [0.1, 0.15) is 40.0 Å². The second-order valence-corrected chi connectivity index (χ2v) is 4.57. The molecule has 0 heterocycles. The molecule has 2 aromatic rings. The summed E-state index contributed by atoms with van der Waals surface area (Å²) >= 11 is 0. The van der Waals surface area contributed by atoms with E-state index < -0.39 is 0 Å². The highest BCUT2D eigenvalue weighted by molar-refractivity contribution is 5.74. The number of carbonyl (C=O) groups is 1. The van der Waals surface area contributed by atoms with E-state index in [4.69, 9.17) is 5.73 Å². The molecule has 0 aliphatic carbocycles. The number of hydrogen-bond acceptors (Lipinski definition) is 2. The second-order valence-electron chi connectivity index (χ2n) is 4.57. The number of aldehydes is 1. The molecule has 2 N–H and O–H groups in total. The van der Waals surface area contributed by atoms with Gasteiger partial charge in [-0.25, -0.2) is 0 Å². The zero-order chi connectivity index (χ0) is 13.0. The van der Waals surface area contributed by atoms with Crippen molar-refractivity contribution in [3.8, 4) is 0 Å². The molecule has 0 unspecified atom stereocenters. The minimum absolute atomic E-state index is 0.0749. The van der Waals surface area contributed by atoms with Gasteiger partial charge in [0.1, 0.15) is 6.29 Å². The molecule has 0 spiro atoms. The van der Waals surface area contributed by atoms with Crippen LogP contribution in [0.3, 0.4) is 0 Å². The summed E-state index contributed by atoms with van der Waals surface area (Å²) in [4.78, 5) is 10.6. The zero-order valence-corrected chi connectivity index (χ0v) is 10.5. The standard InChI is InChI=1S/C16H17NO/c1-12(17)16-8-6-14(7-9-16)10-13-2-4-15(11-18)5-3-13/h2-9,11-12H,10,17H2,1H3/t12-/m0/s1. The van der Waals surface area contributed by atoms with Crippen molar-refractivity contribution in [2.24, 2.45) is 5.73 Å². The van der Waals surface area contributed by atoms with Gasteiger partial charge >= 0.3 is 0 Å². The fourth-order valence-electron chi connectivity index (χ4n) is 1.89. The summed E-state index contributed by atoms with van der Waals surface area (Å²) in [6.07, 6.45) is 1.74. The van der Waals surface area contributed by atoms with Crippen molar-refractivity contribution in [2.45, 2.75) is 19.4 Å². The van der Waals surface area contributed by atoms with E-state index in [-0.39, 0.29) is 6.04 Å². The number of nitrogens with two attached hydrogens (primary N) is 1. The number of carbonyl (C=O) groups excluding carboxylic acids is 1. The van der Waals surface area contributed by atoms with E-state index in [1.807, 2.05) is 31.2 Å². The lowest BCUT2D eigenvalue weighted by atomic mass is 10.0. The van der Waals surface area contributed by atoms with Crippen molar-refractivity contribution in [3.05, 3.63) is 70.8 Å². The fourth-order valence-corrected chi connectivity index (χ4v) is 1.89. The molecule has 1 atom stereocenters. The predicted molar refractivity (Wildman–Crippen MR) is 73.7 cm³/mol. The average molecular weight is 239 g/mol. The number of rotatable bonds is 4. The SMILES string of the molecule is C[C@H](N)c1ccc(Cc2ccc(C=O)cc2)cc1. The lowest BCUT2D eigenvalue weighted by Crippen LogP contribution is -2.04. The Morgan fingerprint density at radius 2 is 1.50 bits per heavy atom. The largest absolute Gasteiger partial charge is 0.324 e. The fraction of sp³-hybridized carbons (Fsp3) is 0.188. The van der Waals surface area contributed by atoms with E-state index in [9.17, 15) is 4.79 Å². The third-order valence-electron chi connectivity index (χ3n) is 3.03. The summed E-state index contributed by atoms with van der Waals surface area (Å²) in [5.74, 6) is 0. The van der Waals surface area contributed by atoms with Gasteiger partial charge in [-0.2, -0.15) is 0 Å². The Balaban J connectivity index is 2.10. The van der Waals surface area contributed by atoms with Crippen LogP contribution in [0, 0.1) is 0 Å². The number of hydrogen-bond donors (Lipinski definition) is 1. The van der Waals surface area contributed by atoms with Crippen molar-refractivity contribution in [3.63, 3.8) is 0 Å². The maximum atomic E-state index is 10.6. The van der Waals surface area contributed by atoms with E-state index >= 15 is 0 Å². The van der Waals surface area contributed by atoms with Crippen molar-refractivity contribution in [1.29, 1.82) is 0 Å². The molecule has 2 rings (SSSR count). The molecule has 18 heavy (non-hydrogen) atoms. The molecule has 0 saturated carbocycles. The molecule has 0 amide bonds. The third kappa shape index (κ3) is 3.05. The minimum atomic E-state index is 0.0749. The third-order valence-corrected chi connectivity index (χ3v) is 3.03. The predicted octanol–water partition coefficient (Wildman–Crippen LogP) is 3.11. The molecular formula is C16H17NO. The van der Waals surface area contributed by atoms with Crippen LogP contribution in [0.25, 0.3) is 0 Å². The van der Waals surface area contributed by atoms with Crippen molar-refractivity contribution < 1.29 is 4.79 Å². The highest BCUT2D eigenvalue weighted by Gasteiger charge is 2.00. The van der Waals surface area contributed by atoms with E-state index in [0.29, 0.717) is 5.56 Å². The first-order valence-electron chi connectivity index (χ1n) is 6.07. The lowest BCUT2D eigenvalue weighted by molar-refractivity contribution is 0.112. The molecule has 0 aromatic heterocycles. The van der Waals surface area contributed by atoms with Crippen molar-refractivity contribution >= 4 is 6.29 Å². The first kappa shape index (κ1) is 12.5. The Morgan fingerprint density at radius 3 is 1.94 bits per heavy atom. The van der Waals surface area contributed by atoms with Crippen LogP contribution in [0.5, 0.6) is 0 Å². The molecule has 0 radical (unpaired) electrons. The zero-order valence-electron chi connectivity index (χ0n) is 10.5. The number of benzene rings is 2. The minimum Gasteiger partial charge on any atom is -0.324 e. The maximum absolute atomic E-state index is 10.6. The van der Waals surface area contributed by atoms with E-state index in [0.717, 1.165) is 18.3 Å². The Morgan fingerprint density at radius 1 is 1.00 bits per heavy atom. The van der Waals surface area contributed by atoms with Crippen molar-refractivity contribution in [1.82, 2.24) is 0 Å². The highest BCUT2D eigenvalue weighted by atomic mass is 16.1. The summed E-state index contributed by atoms with van der Waals surface area (Å²) in [5.41, 5.74) is 10.1. The summed E-state index contributed by atoms with van der Waals surface area (Å²) in [5, 5.41) is 0. The van der Waals surface area contributed by atoms with Gasteiger partial charge in [0.15, 0.2) is 0 Å². The summed E-state index contributed by atoms with van der Waals surface area (Å²) in [6, 6.07) is 16.1. The molecule has 0 fully saturated rings. The molecule has 0 aliphatic heterocycles. The first-order valence-corrected chi connectivity index (χ1v) is 6.07. The van der Waals surface area contributed by atoms with Gasteiger partial charge in [0.25, 0.3) is 0 Å². The first-order chi connectivity index (χ1) is 8.69. The van der Waals surface area contributed by atoms with Gasteiger partial charge in [0.2, 0.25) is 0 Å². The van der Waals surface area contributed by atoms with Crippen LogP contribution in [-0.4, -0.2) is 6.29 Å². The quantitative estimate of drug-likeness (QED) is 0.833. The van der Waals surface area contributed by atoms with Crippen LogP contribution in [-0.2, 0) is 6.42 Å². The van der Waals surface area contributed by atoms with Crippen LogP contribution in [0.4, 0.5) is 0 Å². The van der Waals surface area contributed by atoms with E-state index in [1.54, 1.807) is 0 Å². The molecule has 0 aliphatic rings. The summed E-state index contributed by atoms with van der Waals surface area (Å²) in [6.45, 7) is 1.98. The van der Waals surface area contributed by atoms with Gasteiger partial charge in [0.05, 0.1) is 0 Å². The summed E-state index contributed by atoms with van der Waals surface area (Å²) < 4.78 is 0. The molecule has 0 saturated heterocycles. The molecular weight excluding hydrogens is 222 g/mol. The molecule has 2 nitrogen and oxygen atoms in total. The van der Waals surface area contributed by atoms with E-state index in [2.05, 4.69) is 24.3 Å². The highest BCUT2D eigenvalue weighted by Crippen LogP contribution is 2.14. The lowest BCUT2D eigenvalue weighted by Gasteiger charge is -2.07. The maximum Gasteiger partial charge on any atom is 0.150 e. The van der Waals surface area contributed by atoms with Gasteiger partial charge in [-0.15, -0.1) is 0 Å². The Labute approximate surface area is 107 Å². The van der Waals surface area contributed by atoms with Gasteiger partial charge in [-0.05, 0) is 30.0 Å². The van der Waals surface area contributed by atoms with Crippen LogP contribution in [0.2, 0.25) is 0 Å². The van der Waals surface area contributed by atoms with Crippen LogP contribution in [0.15, 0.2) is 48.5 Å². The van der Waals surface area contributed by atoms with Crippen LogP contribution >= 0.6 is 0 Å². The van der Waals surface area contributed by atoms with Gasteiger partial charge in [0, 0.05) is 11.6 Å². The molecule has 0 bridgehead atoms. The smallest absolute Gasteiger partial charge is 0.150 e. The topological polar surface area (TPSA) is 43.1 Å². The van der Waals surface area contributed by atoms with Gasteiger partial charge < -0.3 is 5.73 Å². The Bertz CT molecular complexity index is 512. The summed E-state index contributed by atoms with van der Waals surface area (Å²) in [7, 11) is 0. The second kappa shape index (κ2) is 5.61. The van der Waals surface area contributed by atoms with Crippen molar-refractivity contribution in [2.75, 3.05) is 0 Å². The Kier molecular flexibility index (Phi) is 3.90. The van der Waals surface area contributed by atoms with Crippen LogP contribution < -0.4 is 5.73 Å². The van der Waals surface area contributed by atoms with E-state index in [1.165, 1.54) is 11.1 Å². The molecule has 2 heteroatoms. The Hall–Kier alpha value is -1.93. The van der Waals surface area contributed by atoms with Gasteiger partial charge in [-0.3, -0.25) is 4.79 Å². The average Bonchev–Trinajstić information content (AvgIpc) is 2.40. The molecule has 92 valence electrons. The molecule has 2 aromatic carbocycles. The van der Waals surface area contributed by atoms with Gasteiger partial charge in [-0.1, -0.05) is 48.5 Å². The normalized spacial score (nSPS) is 12.1. The monoisotopic (exact) mass is 239 g/mol.